The zero-order valence-corrected chi connectivity index (χ0v) is 5.64. The molecule has 0 spiro atoms. The van der Waals surface area contributed by atoms with E-state index in [0.29, 0.717) is 6.42 Å². The molecule has 4 heteroatoms. The van der Waals surface area contributed by atoms with Gasteiger partial charge in [0.2, 0.25) is 0 Å². The summed E-state index contributed by atoms with van der Waals surface area (Å²) in [6.07, 6.45) is 0.461. The average molecular weight is 135 g/mol. The third kappa shape index (κ3) is 3.05. The molecule has 0 fully saturated rings. The van der Waals surface area contributed by atoms with Gasteiger partial charge >= 0.3 is 5.97 Å². The maximum atomic E-state index is 10.1. The van der Waals surface area contributed by atoms with Crippen LogP contribution in [0.2, 0.25) is 0 Å². The molecule has 0 saturated carbocycles. The van der Waals surface area contributed by atoms with E-state index in [4.69, 9.17) is 10.8 Å². The fourth-order valence-corrected chi connectivity index (χ4v) is 0.151. The summed E-state index contributed by atoms with van der Waals surface area (Å²) in [6, 6.07) is 0. The first-order valence-electron chi connectivity index (χ1n) is 2.53. The molecule has 0 aromatic rings. The van der Waals surface area contributed by atoms with Gasteiger partial charge in [0.05, 0.1) is 0 Å². The Labute approximate surface area is 54.0 Å². The van der Waals surface area contributed by atoms with Crippen LogP contribution in [-0.4, -0.2) is 22.1 Å². The normalized spacial score (nSPS) is 15.4. The van der Waals surface area contributed by atoms with Crippen LogP contribution >= 0.6 is 0 Å². The maximum absolute atomic E-state index is 10.1. The Morgan fingerprint density at radius 2 is 2.11 bits per heavy atom. The van der Waals surface area contributed by atoms with Crippen LogP contribution in [0.1, 0.15) is 20.3 Å². The topological polar surface area (TPSA) is 94.8 Å². The first kappa shape index (κ1) is 11.2. The Morgan fingerprint density at radius 3 is 2.11 bits per heavy atom. The average Bonchev–Trinajstić information content (AvgIpc) is 1.67. The van der Waals surface area contributed by atoms with E-state index >= 15 is 0 Å². The van der Waals surface area contributed by atoms with E-state index < -0.39 is 11.5 Å². The standard InChI is InChI=1S/C5H11NO2.H2O/c1-3-5(2,6)4(7)8;/h3,6H2,1-2H3,(H,7,8);1H2. The zero-order chi connectivity index (χ0) is 6.78. The molecule has 5 N–H and O–H groups in total. The first-order valence-corrected chi connectivity index (χ1v) is 2.53. The van der Waals surface area contributed by atoms with E-state index in [1.165, 1.54) is 6.92 Å². The molecule has 0 aromatic heterocycles. The van der Waals surface area contributed by atoms with Gasteiger partial charge in [-0.25, -0.2) is 0 Å². The Morgan fingerprint density at radius 1 is 1.78 bits per heavy atom. The highest BCUT2D eigenvalue weighted by atomic mass is 16.4. The zero-order valence-electron chi connectivity index (χ0n) is 5.64. The summed E-state index contributed by atoms with van der Waals surface area (Å²) >= 11 is 0. The lowest BCUT2D eigenvalue weighted by Gasteiger charge is -2.14. The van der Waals surface area contributed by atoms with Crippen LogP contribution in [0.5, 0.6) is 0 Å². The van der Waals surface area contributed by atoms with Crippen LogP contribution < -0.4 is 5.73 Å². The molecule has 0 aliphatic heterocycles. The SMILES string of the molecule is CCC(C)(N)C(=O)O.O. The lowest BCUT2D eigenvalue weighted by atomic mass is 10.0. The van der Waals surface area contributed by atoms with E-state index in [-0.39, 0.29) is 5.48 Å². The molecule has 4 nitrogen and oxygen atoms in total. The smallest absolute Gasteiger partial charge is 0.323 e. The largest absolute Gasteiger partial charge is 0.480 e. The maximum Gasteiger partial charge on any atom is 0.323 e. The van der Waals surface area contributed by atoms with Crippen molar-refractivity contribution < 1.29 is 15.4 Å². The quantitative estimate of drug-likeness (QED) is 0.528. The molecule has 9 heavy (non-hydrogen) atoms. The van der Waals surface area contributed by atoms with E-state index in [0.717, 1.165) is 0 Å². The predicted octanol–water partition coefficient (Wildman–Crippen LogP) is -0.626. The highest BCUT2D eigenvalue weighted by molar-refractivity contribution is 5.77. The van der Waals surface area contributed by atoms with Gasteiger partial charge in [-0.1, -0.05) is 6.92 Å². The molecule has 0 aromatic carbocycles. The number of aliphatic carboxylic acids is 1. The van der Waals surface area contributed by atoms with Crippen LogP contribution in [0.4, 0.5) is 0 Å². The fraction of sp³-hybridized carbons (Fsp3) is 0.800. The van der Waals surface area contributed by atoms with Gasteiger partial charge in [-0.05, 0) is 13.3 Å². The second kappa shape index (κ2) is 3.42. The van der Waals surface area contributed by atoms with Crippen molar-refractivity contribution in [2.45, 2.75) is 25.8 Å². The molecule has 0 bridgehead atoms. The van der Waals surface area contributed by atoms with Gasteiger partial charge in [0, 0.05) is 0 Å². The molecule has 0 aliphatic carbocycles. The monoisotopic (exact) mass is 135 g/mol. The molecule has 0 rings (SSSR count). The van der Waals surface area contributed by atoms with E-state index in [2.05, 4.69) is 0 Å². The highest BCUT2D eigenvalue weighted by Crippen LogP contribution is 2.02. The number of hydrogen-bond donors (Lipinski definition) is 2. The molecule has 0 aliphatic rings. The van der Waals surface area contributed by atoms with Gasteiger partial charge < -0.3 is 16.3 Å². The van der Waals surface area contributed by atoms with Crippen molar-refractivity contribution in [2.75, 3.05) is 0 Å². The summed E-state index contributed by atoms with van der Waals surface area (Å²) in [7, 11) is 0. The molecular weight excluding hydrogens is 122 g/mol. The van der Waals surface area contributed by atoms with Crippen molar-refractivity contribution in [1.82, 2.24) is 0 Å². The van der Waals surface area contributed by atoms with Crippen molar-refractivity contribution in [3.05, 3.63) is 0 Å². The van der Waals surface area contributed by atoms with Gasteiger partial charge in [0.15, 0.2) is 0 Å². The van der Waals surface area contributed by atoms with Crippen molar-refractivity contribution >= 4 is 5.97 Å². The molecule has 0 saturated heterocycles. The summed E-state index contributed by atoms with van der Waals surface area (Å²) in [6.45, 7) is 3.24. The minimum Gasteiger partial charge on any atom is -0.480 e. The molecule has 0 amide bonds. The third-order valence-electron chi connectivity index (χ3n) is 1.22. The van der Waals surface area contributed by atoms with Gasteiger partial charge in [-0.3, -0.25) is 4.79 Å². The minimum absolute atomic E-state index is 0. The Kier molecular flexibility index (Phi) is 4.27. The number of carboxylic acid groups (broad SMARTS) is 1. The number of carboxylic acids is 1. The van der Waals surface area contributed by atoms with E-state index in [9.17, 15) is 4.79 Å². The van der Waals surface area contributed by atoms with Crippen LogP contribution in [0.15, 0.2) is 0 Å². The molecule has 1 atom stereocenters. The lowest BCUT2D eigenvalue weighted by molar-refractivity contribution is -0.142. The van der Waals surface area contributed by atoms with Crippen molar-refractivity contribution in [2.24, 2.45) is 5.73 Å². The van der Waals surface area contributed by atoms with Crippen molar-refractivity contribution in [3.8, 4) is 0 Å². The molecular formula is C5H13NO3. The summed E-state index contributed by atoms with van der Waals surface area (Å²) in [4.78, 5) is 10.1. The Hall–Kier alpha value is -0.610. The summed E-state index contributed by atoms with van der Waals surface area (Å²) in [5.74, 6) is -0.944. The van der Waals surface area contributed by atoms with Crippen LogP contribution in [-0.2, 0) is 4.79 Å². The van der Waals surface area contributed by atoms with E-state index in [1.807, 2.05) is 0 Å². The second-order valence-corrected chi connectivity index (χ2v) is 2.08. The van der Waals surface area contributed by atoms with Crippen LogP contribution in [0, 0.1) is 0 Å². The third-order valence-corrected chi connectivity index (χ3v) is 1.22. The molecule has 1 unspecified atom stereocenters. The summed E-state index contributed by atoms with van der Waals surface area (Å²) < 4.78 is 0. The van der Waals surface area contributed by atoms with Crippen LogP contribution in [0.3, 0.4) is 0 Å². The van der Waals surface area contributed by atoms with Gasteiger partial charge in [-0.15, -0.1) is 0 Å². The van der Waals surface area contributed by atoms with Crippen molar-refractivity contribution in [1.29, 1.82) is 0 Å². The highest BCUT2D eigenvalue weighted by Gasteiger charge is 2.24. The number of rotatable bonds is 2. The summed E-state index contributed by atoms with van der Waals surface area (Å²) in [5, 5.41) is 8.32. The van der Waals surface area contributed by atoms with Gasteiger partial charge in [0.1, 0.15) is 5.54 Å². The van der Waals surface area contributed by atoms with Gasteiger partial charge in [-0.2, -0.15) is 0 Å². The first-order chi connectivity index (χ1) is 3.50. The molecule has 0 radical (unpaired) electrons. The van der Waals surface area contributed by atoms with Crippen molar-refractivity contribution in [3.63, 3.8) is 0 Å². The Bertz CT molecular complexity index is 100. The second-order valence-electron chi connectivity index (χ2n) is 2.08. The minimum atomic E-state index is -1.04. The van der Waals surface area contributed by atoms with E-state index in [1.54, 1.807) is 6.92 Å². The predicted molar refractivity (Wildman–Crippen MR) is 34.1 cm³/mol. The van der Waals surface area contributed by atoms with Crippen LogP contribution in [0.25, 0.3) is 0 Å². The molecule has 0 heterocycles. The van der Waals surface area contributed by atoms with Gasteiger partial charge in [0.25, 0.3) is 0 Å². The Balaban J connectivity index is 0. The lowest BCUT2D eigenvalue weighted by Crippen LogP contribution is -2.43. The fourth-order valence-electron chi connectivity index (χ4n) is 0.151. The summed E-state index contributed by atoms with van der Waals surface area (Å²) in [5.41, 5.74) is 4.22. The number of carbonyl (C=O) groups is 1. The number of hydrogen-bond acceptors (Lipinski definition) is 2. The number of nitrogens with two attached hydrogens (primary N) is 1. The molecule has 56 valence electrons.